The van der Waals surface area contributed by atoms with E-state index in [2.05, 4.69) is 4.72 Å². The molecule has 0 radical (unpaired) electrons. The fraction of sp³-hybridized carbons (Fsp3) is 0.538. The summed E-state index contributed by atoms with van der Waals surface area (Å²) in [7, 11) is -3.78. The van der Waals surface area contributed by atoms with Crippen molar-refractivity contribution in [1.82, 2.24) is 4.72 Å². The zero-order chi connectivity index (χ0) is 15.9. The molecule has 0 spiro atoms. The third kappa shape index (κ3) is 2.96. The third-order valence-electron chi connectivity index (χ3n) is 4.55. The van der Waals surface area contributed by atoms with Crippen LogP contribution in [-0.4, -0.2) is 39.0 Å². The van der Waals surface area contributed by atoms with E-state index in [0.717, 1.165) is 38.5 Å². The molecule has 0 aliphatic carbocycles. The molecule has 2 N–H and O–H groups in total. The Kier molecular flexibility index (Phi) is 4.11. The maximum Gasteiger partial charge on any atom is 0.289 e. The van der Waals surface area contributed by atoms with E-state index >= 15 is 0 Å². The van der Waals surface area contributed by atoms with Crippen molar-refractivity contribution in [2.45, 2.75) is 23.8 Å². The van der Waals surface area contributed by atoms with Gasteiger partial charge in [-0.15, -0.1) is 0 Å². The van der Waals surface area contributed by atoms with Crippen LogP contribution in [0.3, 0.4) is 0 Å². The van der Waals surface area contributed by atoms with Crippen LogP contribution in [0.1, 0.15) is 12.8 Å². The van der Waals surface area contributed by atoms with Gasteiger partial charge in [0, 0.05) is 18.9 Å². The zero-order valence-corrected chi connectivity index (χ0v) is 13.4. The van der Waals surface area contributed by atoms with Crippen LogP contribution in [0.15, 0.2) is 23.1 Å². The molecule has 1 atom stereocenters. The number of nitro benzene ring substituents is 1. The summed E-state index contributed by atoms with van der Waals surface area (Å²) in [6, 6.07) is 3.46. The predicted octanol–water partition coefficient (Wildman–Crippen LogP) is 0.204. The topological polar surface area (TPSA) is 93.8 Å². The highest BCUT2D eigenvalue weighted by Crippen LogP contribution is 2.28. The Morgan fingerprint density at radius 1 is 1.32 bits per heavy atom. The summed E-state index contributed by atoms with van der Waals surface area (Å²) in [5.74, 6) is 0.356. The number of sulfonamides is 1. The van der Waals surface area contributed by atoms with Gasteiger partial charge in [0.15, 0.2) is 0 Å². The summed E-state index contributed by atoms with van der Waals surface area (Å²) >= 11 is 5.72. The van der Waals surface area contributed by atoms with Gasteiger partial charge in [-0.1, -0.05) is 11.6 Å². The Hall–Kier alpha value is -1.22. The van der Waals surface area contributed by atoms with E-state index in [9.17, 15) is 18.5 Å². The summed E-state index contributed by atoms with van der Waals surface area (Å²) in [6.07, 6.45) is 2.03. The quantitative estimate of drug-likeness (QED) is 0.601. The number of halogens is 1. The van der Waals surface area contributed by atoms with Crippen LogP contribution in [0.2, 0.25) is 5.02 Å². The van der Waals surface area contributed by atoms with Crippen molar-refractivity contribution >= 4 is 27.3 Å². The van der Waals surface area contributed by atoms with Crippen molar-refractivity contribution in [2.75, 3.05) is 19.6 Å². The molecule has 3 fully saturated rings. The zero-order valence-electron chi connectivity index (χ0n) is 11.8. The molecule has 0 amide bonds. The number of hydrogen-bond donors (Lipinski definition) is 2. The molecule has 3 aliphatic rings. The van der Waals surface area contributed by atoms with Crippen LogP contribution in [0.4, 0.5) is 5.69 Å². The highest BCUT2D eigenvalue weighted by Gasteiger charge is 2.39. The van der Waals surface area contributed by atoms with Crippen LogP contribution >= 0.6 is 11.6 Å². The minimum absolute atomic E-state index is 0.0729. The lowest BCUT2D eigenvalue weighted by Crippen LogP contribution is -3.17. The molecule has 3 saturated heterocycles. The highest BCUT2D eigenvalue weighted by molar-refractivity contribution is 7.89. The van der Waals surface area contributed by atoms with Gasteiger partial charge in [0.25, 0.3) is 5.69 Å². The smallest absolute Gasteiger partial charge is 0.289 e. The average Bonchev–Trinajstić information content (AvgIpc) is 2.48. The lowest BCUT2D eigenvalue weighted by molar-refractivity contribution is -0.917. The van der Waals surface area contributed by atoms with Crippen molar-refractivity contribution in [1.29, 1.82) is 0 Å². The largest absolute Gasteiger partial charge is 0.334 e. The maximum atomic E-state index is 12.5. The average molecular weight is 347 g/mol. The number of quaternary nitrogens is 1. The fourth-order valence-electron chi connectivity index (χ4n) is 3.34. The minimum Gasteiger partial charge on any atom is -0.334 e. The molecular formula is C13H17ClN3O4S+. The summed E-state index contributed by atoms with van der Waals surface area (Å²) in [4.78, 5) is 11.5. The number of benzene rings is 1. The minimum atomic E-state index is -3.78. The molecule has 0 saturated carbocycles. The maximum absolute atomic E-state index is 12.5. The van der Waals surface area contributed by atoms with E-state index in [1.165, 1.54) is 17.0 Å². The van der Waals surface area contributed by atoms with Crippen LogP contribution in [0, 0.1) is 16.0 Å². The lowest BCUT2D eigenvalue weighted by atomic mass is 9.85. The van der Waals surface area contributed by atoms with Crippen molar-refractivity contribution in [3.05, 3.63) is 33.3 Å². The molecule has 1 aromatic carbocycles. The molecule has 2 bridgehead atoms. The highest BCUT2D eigenvalue weighted by atomic mass is 35.5. The molecule has 22 heavy (non-hydrogen) atoms. The van der Waals surface area contributed by atoms with E-state index in [4.69, 9.17) is 11.6 Å². The summed E-state index contributed by atoms with van der Waals surface area (Å²) < 4.78 is 27.7. The van der Waals surface area contributed by atoms with Crippen LogP contribution in [0.5, 0.6) is 0 Å². The SMILES string of the molecule is O=[N+]([O-])c1cc(S(=O)(=O)N[C@@H]2C[NH+]3CCC2CC3)ccc1Cl. The number of nitrogens with one attached hydrogen (secondary N) is 2. The Morgan fingerprint density at radius 2 is 2.00 bits per heavy atom. The number of fused-ring (bicyclic) bond motifs is 3. The fourth-order valence-corrected chi connectivity index (χ4v) is 4.85. The number of rotatable bonds is 4. The standard InChI is InChI=1S/C13H16ClN3O4S/c14-11-2-1-10(7-13(11)17(18)19)22(20,21)15-12-8-16-5-3-9(12)4-6-16/h1-2,7,9,12,15H,3-6,8H2/p+1/t12-/m1/s1. The van der Waals surface area contributed by atoms with Gasteiger partial charge >= 0.3 is 0 Å². The van der Waals surface area contributed by atoms with Gasteiger partial charge in [-0.2, -0.15) is 0 Å². The molecule has 0 unspecified atom stereocenters. The van der Waals surface area contributed by atoms with Gasteiger partial charge in [-0.05, 0) is 18.1 Å². The van der Waals surface area contributed by atoms with Crippen LogP contribution in [-0.2, 0) is 10.0 Å². The first kappa shape index (κ1) is 15.7. The summed E-state index contributed by atoms with van der Waals surface area (Å²) in [5.41, 5.74) is -0.399. The van der Waals surface area contributed by atoms with E-state index in [0.29, 0.717) is 5.92 Å². The molecule has 3 aliphatic heterocycles. The van der Waals surface area contributed by atoms with Crippen molar-refractivity contribution in [3.8, 4) is 0 Å². The molecule has 0 aromatic heterocycles. The summed E-state index contributed by atoms with van der Waals surface area (Å²) in [6.45, 7) is 2.96. The van der Waals surface area contributed by atoms with Gasteiger partial charge in [0.2, 0.25) is 10.0 Å². The molecule has 3 heterocycles. The van der Waals surface area contributed by atoms with E-state index in [1.54, 1.807) is 0 Å². The molecule has 120 valence electrons. The van der Waals surface area contributed by atoms with Crippen molar-refractivity contribution < 1.29 is 18.2 Å². The van der Waals surface area contributed by atoms with Gasteiger partial charge in [-0.25, -0.2) is 13.1 Å². The molecule has 1 aromatic rings. The van der Waals surface area contributed by atoms with Crippen molar-refractivity contribution in [3.63, 3.8) is 0 Å². The predicted molar refractivity (Wildman–Crippen MR) is 80.5 cm³/mol. The normalized spacial score (nSPS) is 27.8. The third-order valence-corrected chi connectivity index (χ3v) is 6.35. The number of hydrogen-bond acceptors (Lipinski definition) is 4. The Morgan fingerprint density at radius 3 is 2.55 bits per heavy atom. The number of nitro groups is 1. The second-order valence-electron chi connectivity index (χ2n) is 5.89. The molecule has 4 rings (SSSR count). The monoisotopic (exact) mass is 346 g/mol. The number of nitrogens with zero attached hydrogens (tertiary/aromatic N) is 1. The first-order valence-corrected chi connectivity index (χ1v) is 9.03. The van der Waals surface area contributed by atoms with Crippen LogP contribution in [0.25, 0.3) is 0 Å². The van der Waals surface area contributed by atoms with Gasteiger partial charge in [0.1, 0.15) is 5.02 Å². The lowest BCUT2D eigenvalue weighted by Gasteiger charge is -2.41. The second-order valence-corrected chi connectivity index (χ2v) is 8.01. The Bertz CT molecular complexity index is 701. The number of piperidine rings is 3. The van der Waals surface area contributed by atoms with E-state index < -0.39 is 20.6 Å². The molecular weight excluding hydrogens is 330 g/mol. The van der Waals surface area contributed by atoms with Gasteiger partial charge in [-0.3, -0.25) is 10.1 Å². The second kappa shape index (κ2) is 5.77. The van der Waals surface area contributed by atoms with E-state index in [-0.39, 0.29) is 16.0 Å². The first-order chi connectivity index (χ1) is 10.4. The first-order valence-electron chi connectivity index (χ1n) is 7.16. The Balaban J connectivity index is 1.84. The van der Waals surface area contributed by atoms with E-state index in [1.807, 2.05) is 0 Å². The Labute approximate surface area is 133 Å². The van der Waals surface area contributed by atoms with Crippen molar-refractivity contribution in [2.24, 2.45) is 5.92 Å². The molecule has 7 nitrogen and oxygen atoms in total. The van der Waals surface area contributed by atoms with Gasteiger partial charge < -0.3 is 4.90 Å². The van der Waals surface area contributed by atoms with Gasteiger partial charge in [0.05, 0.1) is 35.5 Å². The molecule has 9 heteroatoms. The summed E-state index contributed by atoms with van der Waals surface area (Å²) in [5, 5.41) is 10.8. The van der Waals surface area contributed by atoms with Crippen LogP contribution < -0.4 is 9.62 Å².